The smallest absolute Gasteiger partial charge is 0.414 e. The van der Waals surface area contributed by atoms with Crippen LogP contribution in [0.4, 0.5) is 5.69 Å². The van der Waals surface area contributed by atoms with Crippen molar-refractivity contribution < 1.29 is 38.9 Å². The van der Waals surface area contributed by atoms with Crippen LogP contribution in [0.2, 0.25) is 0 Å². The van der Waals surface area contributed by atoms with Gasteiger partial charge in [0.15, 0.2) is 11.5 Å². The van der Waals surface area contributed by atoms with E-state index in [1.165, 1.54) is 18.3 Å². The van der Waals surface area contributed by atoms with Crippen LogP contribution < -0.4 is 19.5 Å². The lowest BCUT2D eigenvalue weighted by molar-refractivity contribution is -0.386. The van der Waals surface area contributed by atoms with Crippen molar-refractivity contribution >= 4 is 17.6 Å². The first-order chi connectivity index (χ1) is 14.4. The number of nitrogens with one attached hydrogen (secondary N) is 1. The van der Waals surface area contributed by atoms with Gasteiger partial charge in [0.1, 0.15) is 13.2 Å². The van der Waals surface area contributed by atoms with E-state index < -0.39 is 16.9 Å². The van der Waals surface area contributed by atoms with Crippen molar-refractivity contribution in [3.05, 3.63) is 52.7 Å². The molecule has 30 heavy (non-hydrogen) atoms. The molecule has 12 nitrogen and oxygen atoms in total. The number of carboxylic acid groups (broad SMARTS) is 2. The Morgan fingerprint density at radius 2 is 1.63 bits per heavy atom. The number of hydrogen-bond donors (Lipinski definition) is 3. The summed E-state index contributed by atoms with van der Waals surface area (Å²) in [7, 11) is 1.59. The molecule has 0 aliphatic carbocycles. The van der Waals surface area contributed by atoms with E-state index in [1.807, 2.05) is 24.3 Å². The van der Waals surface area contributed by atoms with Crippen molar-refractivity contribution in [3.8, 4) is 17.4 Å². The molecule has 0 saturated heterocycles. The molecule has 0 bridgehead atoms. The third kappa shape index (κ3) is 8.84. The number of pyridine rings is 1. The Bertz CT molecular complexity index is 833. The number of para-hydroxylation sites is 2. The summed E-state index contributed by atoms with van der Waals surface area (Å²) in [4.78, 5) is 32.4. The molecule has 162 valence electrons. The number of carboxylic acids is 2. The van der Waals surface area contributed by atoms with Gasteiger partial charge in [-0.15, -0.1) is 0 Å². The van der Waals surface area contributed by atoms with Crippen LogP contribution in [0.5, 0.6) is 17.4 Å². The number of hydrogen-bond acceptors (Lipinski definition) is 9. The third-order valence-electron chi connectivity index (χ3n) is 3.25. The summed E-state index contributed by atoms with van der Waals surface area (Å²) in [5.74, 6) is -2.26. The Morgan fingerprint density at radius 1 is 1.03 bits per heavy atom. The second-order valence-electron chi connectivity index (χ2n) is 5.29. The van der Waals surface area contributed by atoms with Gasteiger partial charge in [-0.25, -0.2) is 14.6 Å². The molecule has 0 aliphatic heterocycles. The number of aliphatic carboxylic acids is 2. The lowest BCUT2D eigenvalue weighted by Gasteiger charge is -2.11. The zero-order valence-corrected chi connectivity index (χ0v) is 16.0. The van der Waals surface area contributed by atoms with Gasteiger partial charge in [0.2, 0.25) is 0 Å². The van der Waals surface area contributed by atoms with Gasteiger partial charge in [-0.3, -0.25) is 10.1 Å². The molecule has 0 spiro atoms. The average Bonchev–Trinajstić information content (AvgIpc) is 2.73. The van der Waals surface area contributed by atoms with Gasteiger partial charge < -0.3 is 29.7 Å². The minimum Gasteiger partial charge on any atom is -0.493 e. The minimum atomic E-state index is -1.82. The molecular formula is C18H21N3O9. The molecule has 1 aromatic carbocycles. The summed E-state index contributed by atoms with van der Waals surface area (Å²) >= 11 is 0. The Labute approximate surface area is 171 Å². The summed E-state index contributed by atoms with van der Waals surface area (Å²) in [6.45, 7) is 1.85. The molecule has 0 aliphatic rings. The number of rotatable bonds is 10. The molecule has 12 heteroatoms. The van der Waals surface area contributed by atoms with Crippen molar-refractivity contribution in [1.82, 2.24) is 10.3 Å². The van der Waals surface area contributed by atoms with Crippen LogP contribution >= 0.6 is 0 Å². The van der Waals surface area contributed by atoms with E-state index >= 15 is 0 Å². The third-order valence-corrected chi connectivity index (χ3v) is 3.25. The quantitative estimate of drug-likeness (QED) is 0.217. The fourth-order valence-corrected chi connectivity index (χ4v) is 1.95. The van der Waals surface area contributed by atoms with Crippen molar-refractivity contribution in [1.29, 1.82) is 0 Å². The number of carbonyl (C=O) groups is 2. The van der Waals surface area contributed by atoms with Gasteiger partial charge in [0.05, 0.1) is 12.0 Å². The number of ether oxygens (including phenoxy) is 3. The van der Waals surface area contributed by atoms with Gasteiger partial charge >= 0.3 is 17.6 Å². The summed E-state index contributed by atoms with van der Waals surface area (Å²) in [5.41, 5.74) is -0.142. The maximum atomic E-state index is 10.8. The number of nitrogens with zero attached hydrogens (tertiary/aromatic N) is 2. The Kier molecular flexibility index (Phi) is 10.7. The monoisotopic (exact) mass is 423 g/mol. The van der Waals surface area contributed by atoms with Crippen LogP contribution in [0, 0.1) is 10.1 Å². The molecule has 0 fully saturated rings. The number of benzene rings is 1. The SMILES string of the molecule is COc1ccccc1OCCNCCOc1ncccc1[N+](=O)[O-].O=C(O)C(=O)O. The van der Waals surface area contributed by atoms with Crippen molar-refractivity contribution in [2.75, 3.05) is 33.4 Å². The van der Waals surface area contributed by atoms with Crippen LogP contribution in [0.15, 0.2) is 42.6 Å². The van der Waals surface area contributed by atoms with Crippen molar-refractivity contribution in [2.45, 2.75) is 0 Å². The second-order valence-corrected chi connectivity index (χ2v) is 5.29. The standard InChI is InChI=1S/C16H19N3O5.C2H2O4/c1-22-14-6-2-3-7-15(14)23-11-9-17-10-12-24-16-13(19(20)21)5-4-8-18-16;3-1(4)2(5)6/h2-8,17H,9-12H2,1H3;(H,3,4)(H,5,6). The predicted molar refractivity (Wildman–Crippen MR) is 103 cm³/mol. The first-order valence-electron chi connectivity index (χ1n) is 8.51. The van der Waals surface area contributed by atoms with Gasteiger partial charge in [-0.1, -0.05) is 12.1 Å². The normalized spacial score (nSPS) is 9.63. The summed E-state index contributed by atoms with van der Waals surface area (Å²) in [6.07, 6.45) is 1.46. The molecular weight excluding hydrogens is 402 g/mol. The number of methoxy groups -OCH3 is 1. The second kappa shape index (κ2) is 13.3. The zero-order chi connectivity index (χ0) is 22.4. The number of nitro groups is 1. The highest BCUT2D eigenvalue weighted by molar-refractivity contribution is 6.27. The molecule has 0 unspecified atom stereocenters. The molecule has 0 saturated carbocycles. The Morgan fingerprint density at radius 3 is 2.20 bits per heavy atom. The lowest BCUT2D eigenvalue weighted by Crippen LogP contribution is -2.26. The summed E-state index contributed by atoms with van der Waals surface area (Å²) < 4.78 is 16.1. The van der Waals surface area contributed by atoms with Crippen LogP contribution in [0.25, 0.3) is 0 Å². The van der Waals surface area contributed by atoms with Crippen LogP contribution in [-0.2, 0) is 9.59 Å². The highest BCUT2D eigenvalue weighted by Crippen LogP contribution is 2.25. The fraction of sp³-hybridized carbons (Fsp3) is 0.278. The molecule has 2 rings (SSSR count). The zero-order valence-electron chi connectivity index (χ0n) is 16.0. The summed E-state index contributed by atoms with van der Waals surface area (Å²) in [6, 6.07) is 10.3. The lowest BCUT2D eigenvalue weighted by atomic mass is 10.3. The average molecular weight is 423 g/mol. The van der Waals surface area contributed by atoms with E-state index in [1.54, 1.807) is 7.11 Å². The van der Waals surface area contributed by atoms with Gasteiger partial charge in [0.25, 0.3) is 5.88 Å². The molecule has 0 atom stereocenters. The molecule has 1 heterocycles. The van der Waals surface area contributed by atoms with Crippen LogP contribution in [0.1, 0.15) is 0 Å². The van der Waals surface area contributed by atoms with E-state index in [9.17, 15) is 10.1 Å². The number of aromatic nitrogens is 1. The summed E-state index contributed by atoms with van der Waals surface area (Å²) in [5, 5.41) is 28.7. The Balaban J connectivity index is 0.000000656. The minimum absolute atomic E-state index is 0.0228. The molecule has 2 aromatic rings. The highest BCUT2D eigenvalue weighted by atomic mass is 16.6. The first-order valence-corrected chi connectivity index (χ1v) is 8.51. The van der Waals surface area contributed by atoms with Crippen LogP contribution in [-0.4, -0.2) is 65.5 Å². The van der Waals surface area contributed by atoms with Gasteiger partial charge in [0, 0.05) is 25.4 Å². The fourth-order valence-electron chi connectivity index (χ4n) is 1.95. The van der Waals surface area contributed by atoms with Crippen molar-refractivity contribution in [3.63, 3.8) is 0 Å². The largest absolute Gasteiger partial charge is 0.493 e. The van der Waals surface area contributed by atoms with Crippen molar-refractivity contribution in [2.24, 2.45) is 0 Å². The maximum Gasteiger partial charge on any atom is 0.414 e. The topological polar surface area (TPSA) is 170 Å². The van der Waals surface area contributed by atoms with E-state index in [-0.39, 0.29) is 18.2 Å². The van der Waals surface area contributed by atoms with E-state index in [0.717, 1.165) is 0 Å². The van der Waals surface area contributed by atoms with E-state index in [4.69, 9.17) is 34.0 Å². The first kappa shape index (κ1) is 24.1. The van der Waals surface area contributed by atoms with Gasteiger partial charge in [-0.05, 0) is 18.2 Å². The molecule has 0 amide bonds. The predicted octanol–water partition coefficient (Wildman–Crippen LogP) is 1.20. The molecule has 3 N–H and O–H groups in total. The molecule has 0 radical (unpaired) electrons. The van der Waals surface area contributed by atoms with E-state index in [0.29, 0.717) is 31.2 Å². The maximum absolute atomic E-state index is 10.8. The Hall–Kier alpha value is -3.93. The van der Waals surface area contributed by atoms with Gasteiger partial charge in [-0.2, -0.15) is 0 Å². The van der Waals surface area contributed by atoms with Crippen LogP contribution in [0.3, 0.4) is 0 Å². The molecule has 1 aromatic heterocycles. The van der Waals surface area contributed by atoms with E-state index in [2.05, 4.69) is 10.3 Å². The highest BCUT2D eigenvalue weighted by Gasteiger charge is 2.15.